The van der Waals surface area contributed by atoms with Crippen LogP contribution in [-0.2, 0) is 4.79 Å². The number of halogens is 4. The largest absolute Gasteiger partial charge is 0.389 e. The van der Waals surface area contributed by atoms with Crippen LogP contribution in [0.2, 0.25) is 5.15 Å². The maximum absolute atomic E-state index is 12.1. The summed E-state index contributed by atoms with van der Waals surface area (Å²) in [4.78, 5) is 19.4. The Kier molecular flexibility index (Phi) is 5.12. The summed E-state index contributed by atoms with van der Waals surface area (Å²) in [6.07, 6.45) is -5.06. The number of nitrogens with zero attached hydrogens (tertiary/aromatic N) is 3. The molecule has 0 saturated heterocycles. The second-order valence-corrected chi connectivity index (χ2v) is 5.16. The molecule has 1 heterocycles. The smallest absolute Gasteiger partial charge is 0.342 e. The van der Waals surface area contributed by atoms with Crippen LogP contribution in [0.4, 0.5) is 19.1 Å². The maximum atomic E-state index is 12.1. The Morgan fingerprint density at radius 2 is 2.10 bits per heavy atom. The monoisotopic (exact) mass is 320 g/mol. The minimum absolute atomic E-state index is 0.0376. The Bertz CT molecular complexity index is 581. The standard InChI is InChI=1S/C12H12ClF3N4O/c1-11(2,8(21)3-4-12(14,15)16)20-10-18-6-7(5-17)9(13)19-10/h6H,3-4H2,1-2H3,(H,18,19,20). The van der Waals surface area contributed by atoms with E-state index in [1.807, 2.05) is 0 Å². The zero-order valence-electron chi connectivity index (χ0n) is 11.3. The van der Waals surface area contributed by atoms with E-state index in [0.29, 0.717) is 0 Å². The molecule has 1 aromatic heterocycles. The number of rotatable bonds is 5. The Morgan fingerprint density at radius 1 is 1.48 bits per heavy atom. The average Bonchev–Trinajstić information content (AvgIpc) is 2.34. The summed E-state index contributed by atoms with van der Waals surface area (Å²) >= 11 is 5.71. The van der Waals surface area contributed by atoms with Crippen LogP contribution in [0.1, 0.15) is 32.3 Å². The summed E-state index contributed by atoms with van der Waals surface area (Å²) in [5.41, 5.74) is -1.23. The van der Waals surface area contributed by atoms with Gasteiger partial charge in [-0.2, -0.15) is 23.4 Å². The summed E-state index contributed by atoms with van der Waals surface area (Å²) < 4.78 is 36.4. The molecule has 0 aliphatic rings. The van der Waals surface area contributed by atoms with Crippen molar-refractivity contribution >= 4 is 23.3 Å². The number of Topliss-reactive ketones (excluding diaryl/α,β-unsaturated/α-hetero) is 1. The molecule has 0 fully saturated rings. The second-order valence-electron chi connectivity index (χ2n) is 4.80. The molecule has 0 amide bonds. The molecule has 0 saturated carbocycles. The van der Waals surface area contributed by atoms with Gasteiger partial charge in [0.25, 0.3) is 0 Å². The number of hydrogen-bond donors (Lipinski definition) is 1. The molecule has 1 rings (SSSR count). The fraction of sp³-hybridized carbons (Fsp3) is 0.500. The Morgan fingerprint density at radius 3 is 2.57 bits per heavy atom. The van der Waals surface area contributed by atoms with E-state index in [0.717, 1.165) is 6.20 Å². The molecule has 0 aliphatic carbocycles. The SMILES string of the molecule is CC(C)(Nc1ncc(C#N)c(Cl)n1)C(=O)CCC(F)(F)F. The number of ketones is 1. The van der Waals surface area contributed by atoms with Gasteiger partial charge in [-0.1, -0.05) is 11.6 Å². The van der Waals surface area contributed by atoms with Gasteiger partial charge in [0.2, 0.25) is 5.95 Å². The van der Waals surface area contributed by atoms with Gasteiger partial charge >= 0.3 is 6.18 Å². The predicted octanol–water partition coefficient (Wildman–Crippen LogP) is 3.10. The van der Waals surface area contributed by atoms with Crippen LogP contribution >= 0.6 is 11.6 Å². The van der Waals surface area contributed by atoms with E-state index in [-0.39, 0.29) is 16.7 Å². The van der Waals surface area contributed by atoms with Crippen molar-refractivity contribution in [2.45, 2.75) is 38.4 Å². The van der Waals surface area contributed by atoms with E-state index >= 15 is 0 Å². The highest BCUT2D eigenvalue weighted by Crippen LogP contribution is 2.24. The van der Waals surface area contributed by atoms with Crippen LogP contribution in [0, 0.1) is 11.3 Å². The Balaban J connectivity index is 2.78. The second kappa shape index (κ2) is 6.26. The molecule has 9 heteroatoms. The van der Waals surface area contributed by atoms with Gasteiger partial charge in [-0.3, -0.25) is 4.79 Å². The number of hydrogen-bond acceptors (Lipinski definition) is 5. The summed E-state index contributed by atoms with van der Waals surface area (Å²) in [5, 5.41) is 11.2. The van der Waals surface area contributed by atoms with Gasteiger partial charge < -0.3 is 5.32 Å². The van der Waals surface area contributed by atoms with Crippen molar-refractivity contribution in [3.05, 3.63) is 16.9 Å². The molecule has 0 spiro atoms. The van der Waals surface area contributed by atoms with Crippen LogP contribution in [0.15, 0.2) is 6.20 Å². The number of nitriles is 1. The normalized spacial score (nSPS) is 11.9. The zero-order chi connectivity index (χ0) is 16.3. The van der Waals surface area contributed by atoms with Gasteiger partial charge in [-0.05, 0) is 13.8 Å². The highest BCUT2D eigenvalue weighted by atomic mass is 35.5. The first-order chi connectivity index (χ1) is 9.55. The van der Waals surface area contributed by atoms with Crippen molar-refractivity contribution in [2.75, 3.05) is 5.32 Å². The lowest BCUT2D eigenvalue weighted by atomic mass is 9.95. The fourth-order valence-electron chi connectivity index (χ4n) is 1.41. The van der Waals surface area contributed by atoms with Crippen molar-refractivity contribution in [3.63, 3.8) is 0 Å². The molecule has 0 bridgehead atoms. The van der Waals surface area contributed by atoms with Crippen molar-refractivity contribution < 1.29 is 18.0 Å². The molecule has 114 valence electrons. The summed E-state index contributed by atoms with van der Waals surface area (Å²) in [6, 6.07) is 1.77. The highest BCUT2D eigenvalue weighted by Gasteiger charge is 2.33. The quantitative estimate of drug-likeness (QED) is 0.843. The molecule has 0 atom stereocenters. The first-order valence-electron chi connectivity index (χ1n) is 5.86. The van der Waals surface area contributed by atoms with Crippen LogP contribution in [0.3, 0.4) is 0 Å². The number of nitrogens with one attached hydrogen (secondary N) is 1. The third-order valence-electron chi connectivity index (χ3n) is 2.62. The van der Waals surface area contributed by atoms with Crippen LogP contribution in [0.25, 0.3) is 0 Å². The Labute approximate surface area is 124 Å². The molecule has 0 aromatic carbocycles. The van der Waals surface area contributed by atoms with Gasteiger partial charge in [0.1, 0.15) is 11.6 Å². The predicted molar refractivity (Wildman–Crippen MR) is 69.8 cm³/mol. The van der Waals surface area contributed by atoms with E-state index in [4.69, 9.17) is 16.9 Å². The molecule has 0 radical (unpaired) electrons. The fourth-order valence-corrected chi connectivity index (χ4v) is 1.58. The summed E-state index contributed by atoms with van der Waals surface area (Å²) in [6.45, 7) is 2.84. The summed E-state index contributed by atoms with van der Waals surface area (Å²) in [5.74, 6) is -0.673. The van der Waals surface area contributed by atoms with E-state index in [2.05, 4.69) is 15.3 Å². The first kappa shape index (κ1) is 17.2. The van der Waals surface area contributed by atoms with Gasteiger partial charge in [-0.25, -0.2) is 4.98 Å². The highest BCUT2D eigenvalue weighted by molar-refractivity contribution is 6.30. The van der Waals surface area contributed by atoms with Gasteiger partial charge in [-0.15, -0.1) is 0 Å². The molecular weight excluding hydrogens is 309 g/mol. The van der Waals surface area contributed by atoms with Crippen molar-refractivity contribution in [1.29, 1.82) is 5.26 Å². The number of anilines is 1. The van der Waals surface area contributed by atoms with E-state index in [1.165, 1.54) is 13.8 Å². The molecule has 0 aliphatic heterocycles. The van der Waals surface area contributed by atoms with Crippen molar-refractivity contribution in [1.82, 2.24) is 9.97 Å². The van der Waals surface area contributed by atoms with Gasteiger partial charge in [0, 0.05) is 6.42 Å². The lowest BCUT2D eigenvalue weighted by Gasteiger charge is -2.25. The molecular formula is C12H12ClF3N4O. The lowest BCUT2D eigenvalue weighted by Crippen LogP contribution is -2.41. The molecule has 0 unspecified atom stereocenters. The number of aromatic nitrogens is 2. The van der Waals surface area contributed by atoms with E-state index < -0.39 is 30.3 Å². The minimum Gasteiger partial charge on any atom is -0.342 e. The molecule has 1 N–H and O–H groups in total. The molecule has 5 nitrogen and oxygen atoms in total. The van der Waals surface area contributed by atoms with E-state index in [9.17, 15) is 18.0 Å². The lowest BCUT2D eigenvalue weighted by molar-refractivity contribution is -0.144. The third kappa shape index (κ3) is 5.19. The number of carbonyl (C=O) groups excluding carboxylic acids is 1. The van der Waals surface area contributed by atoms with Crippen molar-refractivity contribution in [2.24, 2.45) is 0 Å². The molecule has 21 heavy (non-hydrogen) atoms. The van der Waals surface area contributed by atoms with Gasteiger partial charge in [0.05, 0.1) is 18.2 Å². The first-order valence-corrected chi connectivity index (χ1v) is 6.24. The zero-order valence-corrected chi connectivity index (χ0v) is 12.0. The Hall–Kier alpha value is -1.88. The number of carbonyl (C=O) groups is 1. The van der Waals surface area contributed by atoms with Crippen molar-refractivity contribution in [3.8, 4) is 6.07 Å². The van der Waals surface area contributed by atoms with Crippen LogP contribution < -0.4 is 5.32 Å². The maximum Gasteiger partial charge on any atom is 0.389 e. The van der Waals surface area contributed by atoms with Gasteiger partial charge in [0.15, 0.2) is 10.9 Å². The summed E-state index contributed by atoms with van der Waals surface area (Å²) in [7, 11) is 0. The average molecular weight is 321 g/mol. The number of alkyl halides is 3. The van der Waals surface area contributed by atoms with Crippen LogP contribution in [0.5, 0.6) is 0 Å². The molecule has 1 aromatic rings. The van der Waals surface area contributed by atoms with Crippen LogP contribution in [-0.4, -0.2) is 27.5 Å². The minimum atomic E-state index is -4.39. The topological polar surface area (TPSA) is 78.7 Å². The van der Waals surface area contributed by atoms with E-state index in [1.54, 1.807) is 6.07 Å². The third-order valence-corrected chi connectivity index (χ3v) is 2.91.